The van der Waals surface area contributed by atoms with Crippen molar-refractivity contribution in [1.82, 2.24) is 4.90 Å². The predicted octanol–water partition coefficient (Wildman–Crippen LogP) is 4.04. The number of carbonyl (C=O) groups is 2. The number of nitrogens with zero attached hydrogens (tertiary/aromatic N) is 2. The first-order valence-corrected chi connectivity index (χ1v) is 11.2. The Morgan fingerprint density at radius 1 is 1.00 bits per heavy atom. The van der Waals surface area contributed by atoms with E-state index in [1.807, 2.05) is 61.2 Å². The summed E-state index contributed by atoms with van der Waals surface area (Å²) >= 11 is 0. The molecule has 0 saturated carbocycles. The van der Waals surface area contributed by atoms with Gasteiger partial charge in [-0.2, -0.15) is 0 Å². The molecule has 2 aliphatic heterocycles. The third kappa shape index (κ3) is 4.28. The molecule has 0 fully saturated rings. The van der Waals surface area contributed by atoms with Gasteiger partial charge >= 0.3 is 0 Å². The van der Waals surface area contributed by atoms with Crippen molar-refractivity contribution >= 4 is 23.1 Å². The number of para-hydroxylation sites is 1. The van der Waals surface area contributed by atoms with Crippen LogP contribution >= 0.6 is 0 Å². The Balaban J connectivity index is 1.77. The molecule has 6 heteroatoms. The largest absolute Gasteiger partial charge is 0.491 e. The van der Waals surface area contributed by atoms with Crippen LogP contribution in [0.3, 0.4) is 0 Å². The van der Waals surface area contributed by atoms with Crippen molar-refractivity contribution in [2.45, 2.75) is 39.2 Å². The lowest BCUT2D eigenvalue weighted by Crippen LogP contribution is -2.37. The quantitative estimate of drug-likeness (QED) is 0.464. The maximum atomic E-state index is 13.6. The van der Waals surface area contributed by atoms with Crippen LogP contribution in [0.2, 0.25) is 0 Å². The molecule has 2 aliphatic rings. The number of hydrogen-bond donors (Lipinski definition) is 0. The van der Waals surface area contributed by atoms with E-state index in [4.69, 9.17) is 9.47 Å². The third-order valence-electron chi connectivity index (χ3n) is 5.77. The second-order valence-electron chi connectivity index (χ2n) is 8.41. The first kappa shape index (κ1) is 22.1. The van der Waals surface area contributed by atoms with Gasteiger partial charge in [0.15, 0.2) is 0 Å². The van der Waals surface area contributed by atoms with E-state index in [2.05, 4.69) is 6.07 Å². The molecule has 0 N–H and O–H groups in total. The molecule has 32 heavy (non-hydrogen) atoms. The fourth-order valence-electron chi connectivity index (χ4n) is 4.38. The molecule has 168 valence electrons. The highest BCUT2D eigenvalue weighted by molar-refractivity contribution is 6.36. The fraction of sp³-hybridized carbons (Fsp3) is 0.385. The van der Waals surface area contributed by atoms with Crippen LogP contribution in [-0.4, -0.2) is 49.6 Å². The van der Waals surface area contributed by atoms with E-state index in [0.717, 1.165) is 29.8 Å². The number of imide groups is 1. The van der Waals surface area contributed by atoms with Gasteiger partial charge in [0.25, 0.3) is 11.8 Å². The van der Waals surface area contributed by atoms with Crippen LogP contribution in [0.4, 0.5) is 5.69 Å². The van der Waals surface area contributed by atoms with Gasteiger partial charge < -0.3 is 14.4 Å². The number of ether oxygens (including phenoxy) is 2. The van der Waals surface area contributed by atoms with Crippen molar-refractivity contribution in [3.63, 3.8) is 0 Å². The molecular formula is C26H30N2O4. The zero-order valence-corrected chi connectivity index (χ0v) is 19.0. The molecular weight excluding hydrogens is 404 g/mol. The minimum atomic E-state index is -0.248. The first-order valence-electron chi connectivity index (χ1n) is 11.2. The molecule has 0 aliphatic carbocycles. The Labute approximate surface area is 189 Å². The molecule has 0 aromatic heterocycles. The molecule has 0 unspecified atom stereocenters. The summed E-state index contributed by atoms with van der Waals surface area (Å²) in [6.07, 6.45) is 2.56. The molecule has 0 saturated heterocycles. The van der Waals surface area contributed by atoms with Crippen molar-refractivity contribution < 1.29 is 19.1 Å². The van der Waals surface area contributed by atoms with Crippen LogP contribution in [0.15, 0.2) is 54.2 Å². The Hall–Kier alpha value is -3.12. The lowest BCUT2D eigenvalue weighted by molar-refractivity contribution is -0.137. The summed E-state index contributed by atoms with van der Waals surface area (Å²) in [5.74, 6) is 0.255. The van der Waals surface area contributed by atoms with Crippen molar-refractivity contribution in [3.05, 3.63) is 65.4 Å². The van der Waals surface area contributed by atoms with Crippen LogP contribution in [0.1, 0.15) is 37.8 Å². The van der Waals surface area contributed by atoms with E-state index in [0.29, 0.717) is 37.4 Å². The van der Waals surface area contributed by atoms with E-state index >= 15 is 0 Å². The third-order valence-corrected chi connectivity index (χ3v) is 5.77. The van der Waals surface area contributed by atoms with Crippen LogP contribution in [0.5, 0.6) is 5.75 Å². The van der Waals surface area contributed by atoms with E-state index in [1.54, 1.807) is 7.11 Å². The SMILES string of the molecule is COCCCN1C(=O)C(c2ccc(OC(C)C)cc2)=C(N2CCCc3ccccc32)C1=O. The van der Waals surface area contributed by atoms with Crippen LogP contribution < -0.4 is 9.64 Å². The van der Waals surface area contributed by atoms with Gasteiger partial charge in [0, 0.05) is 32.5 Å². The number of aryl methyl sites for hydroxylation is 1. The van der Waals surface area contributed by atoms with Gasteiger partial charge in [0.2, 0.25) is 0 Å². The van der Waals surface area contributed by atoms with Gasteiger partial charge in [-0.1, -0.05) is 30.3 Å². The summed E-state index contributed by atoms with van der Waals surface area (Å²) in [6, 6.07) is 15.6. The average molecular weight is 435 g/mol. The van der Waals surface area contributed by atoms with Crippen LogP contribution in [-0.2, 0) is 20.7 Å². The molecule has 2 heterocycles. The Kier molecular flexibility index (Phi) is 6.61. The van der Waals surface area contributed by atoms with E-state index in [-0.39, 0.29) is 17.9 Å². The standard InChI is InChI=1S/C26H30N2O4/c1-18(2)32-21-13-11-20(12-14-21)23-24(26(30)28(25(23)29)16-7-17-31-3)27-15-6-9-19-8-4-5-10-22(19)27/h4-5,8,10-14,18H,6-7,9,15-17H2,1-3H3. The van der Waals surface area contributed by atoms with E-state index in [1.165, 1.54) is 10.5 Å². The summed E-state index contributed by atoms with van der Waals surface area (Å²) < 4.78 is 10.9. The topological polar surface area (TPSA) is 59.1 Å². The molecule has 0 bridgehead atoms. The zero-order chi connectivity index (χ0) is 22.7. The number of anilines is 1. The Morgan fingerprint density at radius 3 is 2.47 bits per heavy atom. The number of amides is 2. The molecule has 0 atom stereocenters. The Bertz CT molecular complexity index is 1030. The highest BCUT2D eigenvalue weighted by Crippen LogP contribution is 2.38. The zero-order valence-electron chi connectivity index (χ0n) is 19.0. The van der Waals surface area contributed by atoms with Gasteiger partial charge in [-0.15, -0.1) is 0 Å². The molecule has 0 radical (unpaired) electrons. The summed E-state index contributed by atoms with van der Waals surface area (Å²) in [4.78, 5) is 30.4. The normalized spacial score (nSPS) is 16.2. The number of rotatable bonds is 8. The lowest BCUT2D eigenvalue weighted by atomic mass is 9.98. The second-order valence-corrected chi connectivity index (χ2v) is 8.41. The number of hydrogen-bond acceptors (Lipinski definition) is 5. The minimum Gasteiger partial charge on any atom is -0.491 e. The lowest BCUT2D eigenvalue weighted by Gasteiger charge is -2.32. The van der Waals surface area contributed by atoms with Gasteiger partial charge in [0.1, 0.15) is 11.4 Å². The van der Waals surface area contributed by atoms with Crippen molar-refractivity contribution in [3.8, 4) is 5.75 Å². The number of fused-ring (bicyclic) bond motifs is 1. The summed E-state index contributed by atoms with van der Waals surface area (Å²) in [5, 5.41) is 0. The Morgan fingerprint density at radius 2 is 1.75 bits per heavy atom. The smallest absolute Gasteiger partial charge is 0.278 e. The maximum absolute atomic E-state index is 13.6. The van der Waals surface area contributed by atoms with E-state index in [9.17, 15) is 9.59 Å². The van der Waals surface area contributed by atoms with Crippen LogP contribution in [0, 0.1) is 0 Å². The number of carbonyl (C=O) groups excluding carboxylic acids is 2. The highest BCUT2D eigenvalue weighted by Gasteiger charge is 2.42. The van der Waals surface area contributed by atoms with Crippen molar-refractivity contribution in [2.75, 3.05) is 31.7 Å². The monoisotopic (exact) mass is 434 g/mol. The maximum Gasteiger partial charge on any atom is 0.278 e. The average Bonchev–Trinajstić information content (AvgIpc) is 3.03. The first-order chi connectivity index (χ1) is 15.5. The molecule has 4 rings (SSSR count). The summed E-state index contributed by atoms with van der Waals surface area (Å²) in [7, 11) is 1.62. The molecule has 6 nitrogen and oxygen atoms in total. The minimum absolute atomic E-state index is 0.0615. The molecule has 0 spiro atoms. The van der Waals surface area contributed by atoms with Crippen molar-refractivity contribution in [2.24, 2.45) is 0 Å². The number of benzene rings is 2. The van der Waals surface area contributed by atoms with Gasteiger partial charge in [-0.25, -0.2) is 0 Å². The second kappa shape index (κ2) is 9.57. The summed E-state index contributed by atoms with van der Waals surface area (Å²) in [6.45, 7) is 5.48. The van der Waals surface area contributed by atoms with E-state index < -0.39 is 0 Å². The molecule has 2 amide bonds. The van der Waals surface area contributed by atoms with Gasteiger partial charge in [-0.3, -0.25) is 14.5 Å². The summed E-state index contributed by atoms with van der Waals surface area (Å²) in [5.41, 5.74) is 3.86. The molecule has 2 aromatic carbocycles. The predicted molar refractivity (Wildman–Crippen MR) is 124 cm³/mol. The molecule has 2 aromatic rings. The fourth-order valence-corrected chi connectivity index (χ4v) is 4.38. The number of methoxy groups -OCH3 is 1. The van der Waals surface area contributed by atoms with Gasteiger partial charge in [0.05, 0.1) is 11.7 Å². The van der Waals surface area contributed by atoms with Crippen molar-refractivity contribution in [1.29, 1.82) is 0 Å². The highest BCUT2D eigenvalue weighted by atomic mass is 16.5. The van der Waals surface area contributed by atoms with Crippen LogP contribution in [0.25, 0.3) is 5.57 Å². The van der Waals surface area contributed by atoms with Gasteiger partial charge in [-0.05, 0) is 62.4 Å².